The molecule has 4 heteroatoms. The fourth-order valence-electron chi connectivity index (χ4n) is 2.17. The Labute approximate surface area is 114 Å². The Morgan fingerprint density at radius 3 is 2.74 bits per heavy atom. The quantitative estimate of drug-likeness (QED) is 0.815. The van der Waals surface area contributed by atoms with Gasteiger partial charge in [0, 0.05) is 19.2 Å². The van der Waals surface area contributed by atoms with Crippen LogP contribution in [0.5, 0.6) is 5.75 Å². The zero-order valence-electron chi connectivity index (χ0n) is 11.5. The third kappa shape index (κ3) is 3.15. The van der Waals surface area contributed by atoms with Crippen LogP contribution in [0.2, 0.25) is 0 Å². The van der Waals surface area contributed by atoms with Crippen molar-refractivity contribution in [3.05, 3.63) is 29.3 Å². The van der Waals surface area contributed by atoms with E-state index < -0.39 is 0 Å². The second-order valence-electron chi connectivity index (χ2n) is 4.90. The van der Waals surface area contributed by atoms with Gasteiger partial charge in [0.1, 0.15) is 5.75 Å². The smallest absolute Gasteiger partial charge is 0.143 e. The van der Waals surface area contributed by atoms with Gasteiger partial charge < -0.3 is 16.2 Å². The highest BCUT2D eigenvalue weighted by atomic mass is 16.5. The Kier molecular flexibility index (Phi) is 4.22. The van der Waals surface area contributed by atoms with E-state index in [-0.39, 0.29) is 6.10 Å². The molecule has 0 saturated carbocycles. The van der Waals surface area contributed by atoms with Gasteiger partial charge in [-0.25, -0.2) is 0 Å². The predicted molar refractivity (Wildman–Crippen MR) is 80.5 cm³/mol. The van der Waals surface area contributed by atoms with Crippen LogP contribution in [0.15, 0.2) is 23.2 Å². The van der Waals surface area contributed by atoms with Gasteiger partial charge in [0.15, 0.2) is 0 Å². The molecule has 1 aromatic rings. The molecule has 0 aliphatic carbocycles. The number of hydrogen-bond acceptors (Lipinski definition) is 4. The summed E-state index contributed by atoms with van der Waals surface area (Å²) in [5.41, 5.74) is 15.9. The van der Waals surface area contributed by atoms with Crippen molar-refractivity contribution < 1.29 is 4.74 Å². The van der Waals surface area contributed by atoms with E-state index in [2.05, 4.69) is 11.1 Å². The van der Waals surface area contributed by atoms with Crippen molar-refractivity contribution in [2.75, 3.05) is 12.3 Å². The number of rotatable bonds is 4. The summed E-state index contributed by atoms with van der Waals surface area (Å²) in [4.78, 5) is 4.21. The second kappa shape index (κ2) is 5.89. The zero-order chi connectivity index (χ0) is 13.8. The van der Waals surface area contributed by atoms with Crippen molar-refractivity contribution in [3.8, 4) is 5.75 Å². The highest BCUT2D eigenvalue weighted by Gasteiger charge is 2.13. The normalized spacial score (nSPS) is 14.6. The van der Waals surface area contributed by atoms with E-state index in [0.717, 1.165) is 29.8 Å². The van der Waals surface area contributed by atoms with Gasteiger partial charge in [-0.15, -0.1) is 0 Å². The molecule has 4 nitrogen and oxygen atoms in total. The van der Waals surface area contributed by atoms with E-state index in [9.17, 15) is 0 Å². The largest absolute Gasteiger partial charge is 0.489 e. The Hall–Kier alpha value is -1.81. The molecule has 1 aliphatic heterocycles. The lowest BCUT2D eigenvalue weighted by Gasteiger charge is -2.18. The minimum Gasteiger partial charge on any atom is -0.489 e. The van der Waals surface area contributed by atoms with Crippen LogP contribution >= 0.6 is 0 Å². The van der Waals surface area contributed by atoms with Crippen LogP contribution in [-0.4, -0.2) is 18.9 Å². The topological polar surface area (TPSA) is 73.6 Å². The van der Waals surface area contributed by atoms with Gasteiger partial charge in [0.2, 0.25) is 0 Å². The van der Waals surface area contributed by atoms with Crippen LogP contribution < -0.4 is 16.2 Å². The van der Waals surface area contributed by atoms with Crippen LogP contribution in [0.25, 0.3) is 5.57 Å². The first-order valence-electron chi connectivity index (χ1n) is 6.58. The maximum absolute atomic E-state index is 6.02. The van der Waals surface area contributed by atoms with Gasteiger partial charge in [-0.2, -0.15) is 0 Å². The first kappa shape index (κ1) is 13.6. The molecule has 1 aromatic carbocycles. The molecule has 1 aliphatic rings. The van der Waals surface area contributed by atoms with Crippen LogP contribution in [0.3, 0.4) is 0 Å². The SMILES string of the molecule is CC(C)Oc1cc(C2=CCN=CC2)c(CN)cc1N. The maximum Gasteiger partial charge on any atom is 0.143 e. The van der Waals surface area contributed by atoms with Crippen molar-refractivity contribution in [1.82, 2.24) is 0 Å². The number of anilines is 1. The Balaban J connectivity index is 2.42. The van der Waals surface area contributed by atoms with Gasteiger partial charge in [-0.05, 0) is 42.7 Å². The first-order chi connectivity index (χ1) is 9.11. The van der Waals surface area contributed by atoms with E-state index >= 15 is 0 Å². The average molecular weight is 259 g/mol. The number of benzene rings is 1. The van der Waals surface area contributed by atoms with Gasteiger partial charge in [-0.1, -0.05) is 6.08 Å². The number of nitrogens with zero attached hydrogens (tertiary/aromatic N) is 1. The van der Waals surface area contributed by atoms with Crippen molar-refractivity contribution >= 4 is 17.5 Å². The van der Waals surface area contributed by atoms with Crippen LogP contribution in [0.1, 0.15) is 31.4 Å². The number of ether oxygens (including phenoxy) is 1. The molecule has 1 heterocycles. The molecule has 0 bridgehead atoms. The molecule has 2 rings (SSSR count). The molecule has 19 heavy (non-hydrogen) atoms. The molecule has 0 amide bonds. The Morgan fingerprint density at radius 2 is 2.16 bits per heavy atom. The molecule has 4 N–H and O–H groups in total. The summed E-state index contributed by atoms with van der Waals surface area (Å²) < 4.78 is 5.75. The fraction of sp³-hybridized carbons (Fsp3) is 0.400. The number of nitrogens with two attached hydrogens (primary N) is 2. The standard InChI is InChI=1S/C15H21N3O/c1-10(2)19-15-8-13(11-3-5-18-6-4-11)12(9-16)7-14(15)17/h3,6-8,10H,4-5,9,16-17H2,1-2H3. The van der Waals surface area contributed by atoms with Crippen LogP contribution in [0.4, 0.5) is 5.69 Å². The second-order valence-corrected chi connectivity index (χ2v) is 4.90. The summed E-state index contributed by atoms with van der Waals surface area (Å²) in [6, 6.07) is 3.92. The third-order valence-electron chi connectivity index (χ3n) is 3.05. The molecule has 102 valence electrons. The molecule has 0 saturated heterocycles. The third-order valence-corrected chi connectivity index (χ3v) is 3.05. The molecule has 0 atom stereocenters. The van der Waals surface area contributed by atoms with Gasteiger partial charge in [-0.3, -0.25) is 4.99 Å². The number of hydrogen-bond donors (Lipinski definition) is 2. The highest BCUT2D eigenvalue weighted by molar-refractivity contribution is 5.84. The molecule has 0 fully saturated rings. The lowest BCUT2D eigenvalue weighted by atomic mass is 9.95. The highest BCUT2D eigenvalue weighted by Crippen LogP contribution is 2.32. The number of nitrogen functional groups attached to an aromatic ring is 1. The van der Waals surface area contributed by atoms with Gasteiger partial charge in [0.25, 0.3) is 0 Å². The van der Waals surface area contributed by atoms with E-state index in [0.29, 0.717) is 12.2 Å². The molecule has 0 radical (unpaired) electrons. The predicted octanol–water partition coefficient (Wildman–Crippen LogP) is 2.37. The summed E-state index contributed by atoms with van der Waals surface area (Å²) in [5.74, 6) is 0.727. The van der Waals surface area contributed by atoms with Crippen molar-refractivity contribution in [2.24, 2.45) is 10.7 Å². The van der Waals surface area contributed by atoms with E-state index in [1.54, 1.807) is 0 Å². The van der Waals surface area contributed by atoms with Gasteiger partial charge >= 0.3 is 0 Å². The average Bonchev–Trinajstić information content (AvgIpc) is 2.41. The summed E-state index contributed by atoms with van der Waals surface area (Å²) >= 11 is 0. The van der Waals surface area contributed by atoms with Crippen molar-refractivity contribution in [1.29, 1.82) is 0 Å². The molecule has 0 spiro atoms. The summed E-state index contributed by atoms with van der Waals surface area (Å²) in [6.45, 7) is 5.17. The van der Waals surface area contributed by atoms with Crippen molar-refractivity contribution in [2.45, 2.75) is 32.9 Å². The monoisotopic (exact) mass is 259 g/mol. The Bertz CT molecular complexity index is 518. The van der Waals surface area contributed by atoms with E-state index in [4.69, 9.17) is 16.2 Å². The molecule has 0 aromatic heterocycles. The molecule has 0 unspecified atom stereocenters. The Morgan fingerprint density at radius 1 is 1.37 bits per heavy atom. The van der Waals surface area contributed by atoms with E-state index in [1.807, 2.05) is 32.2 Å². The zero-order valence-corrected chi connectivity index (χ0v) is 11.5. The number of allylic oxidation sites excluding steroid dienone is 1. The summed E-state index contributed by atoms with van der Waals surface area (Å²) in [5, 5.41) is 0. The number of aliphatic imine (C=N–C) groups is 1. The maximum atomic E-state index is 6.02. The van der Waals surface area contributed by atoms with Crippen LogP contribution in [0, 0.1) is 0 Å². The summed E-state index contributed by atoms with van der Waals surface area (Å²) in [7, 11) is 0. The molecular weight excluding hydrogens is 238 g/mol. The fourth-order valence-corrected chi connectivity index (χ4v) is 2.17. The van der Waals surface area contributed by atoms with Crippen molar-refractivity contribution in [3.63, 3.8) is 0 Å². The summed E-state index contributed by atoms with van der Waals surface area (Å²) in [6.07, 6.45) is 5.00. The lowest BCUT2D eigenvalue weighted by molar-refractivity contribution is 0.244. The minimum atomic E-state index is 0.0979. The first-order valence-corrected chi connectivity index (χ1v) is 6.58. The van der Waals surface area contributed by atoms with Gasteiger partial charge in [0.05, 0.1) is 18.3 Å². The minimum absolute atomic E-state index is 0.0979. The number of dihydropyridines is 1. The lowest BCUT2D eigenvalue weighted by Crippen LogP contribution is -2.10. The van der Waals surface area contributed by atoms with Crippen LogP contribution in [-0.2, 0) is 6.54 Å². The molecular formula is C15H21N3O. The van der Waals surface area contributed by atoms with E-state index in [1.165, 1.54) is 5.57 Å².